The molecule has 2 aromatic rings. The van der Waals surface area contributed by atoms with Gasteiger partial charge in [-0.2, -0.15) is 0 Å². The monoisotopic (exact) mass is 444 g/mol. The number of hydrogen-bond donors (Lipinski definition) is 1. The molecule has 3 rings (SSSR count). The Labute approximate surface area is 186 Å². The molecule has 0 saturated heterocycles. The second-order valence-electron chi connectivity index (χ2n) is 7.99. The molecule has 0 radical (unpaired) electrons. The molecule has 6 heteroatoms. The summed E-state index contributed by atoms with van der Waals surface area (Å²) in [6.45, 7) is 7.48. The zero-order chi connectivity index (χ0) is 23.3. The molecular formula is C26H27F3O3. The molecule has 0 aliphatic heterocycles. The van der Waals surface area contributed by atoms with E-state index >= 15 is 0 Å². The molecule has 2 aromatic carbocycles. The molecule has 0 unspecified atom stereocenters. The lowest BCUT2D eigenvalue weighted by Crippen LogP contribution is -2.18. The first kappa shape index (κ1) is 23.5. The van der Waals surface area contributed by atoms with Crippen LogP contribution in [0.25, 0.3) is 11.1 Å². The molecule has 0 spiro atoms. The zero-order valence-electron chi connectivity index (χ0n) is 18.0. The first-order valence-corrected chi connectivity index (χ1v) is 10.5. The summed E-state index contributed by atoms with van der Waals surface area (Å²) in [7, 11) is 1.33. The summed E-state index contributed by atoms with van der Waals surface area (Å²) in [5.41, 5.74) is 1.06. The Morgan fingerprint density at radius 2 is 1.69 bits per heavy atom. The van der Waals surface area contributed by atoms with Crippen molar-refractivity contribution in [1.82, 2.24) is 0 Å². The fourth-order valence-electron chi connectivity index (χ4n) is 3.97. The van der Waals surface area contributed by atoms with Gasteiger partial charge in [0, 0.05) is 11.6 Å². The highest BCUT2D eigenvalue weighted by Crippen LogP contribution is 2.39. The molecule has 0 heterocycles. The second-order valence-corrected chi connectivity index (χ2v) is 7.99. The Morgan fingerprint density at radius 3 is 2.31 bits per heavy atom. The van der Waals surface area contributed by atoms with E-state index in [1.54, 1.807) is 24.3 Å². The van der Waals surface area contributed by atoms with Crippen LogP contribution in [0, 0.1) is 17.6 Å². The number of phenols is 1. The smallest absolute Gasteiger partial charge is 0.168 e. The highest BCUT2D eigenvalue weighted by molar-refractivity contribution is 5.65. The van der Waals surface area contributed by atoms with Crippen molar-refractivity contribution in [3.63, 3.8) is 0 Å². The van der Waals surface area contributed by atoms with E-state index in [1.807, 2.05) is 0 Å². The van der Waals surface area contributed by atoms with Crippen LogP contribution in [0.4, 0.5) is 13.2 Å². The average Bonchev–Trinajstić information content (AvgIpc) is 2.80. The van der Waals surface area contributed by atoms with Gasteiger partial charge in [-0.05, 0) is 60.8 Å². The van der Waals surface area contributed by atoms with Crippen LogP contribution in [0.15, 0.2) is 73.0 Å². The molecule has 0 aromatic heterocycles. The van der Waals surface area contributed by atoms with Gasteiger partial charge in [-0.15, -0.1) is 0 Å². The third-order valence-corrected chi connectivity index (χ3v) is 5.88. The SMILES string of the molecule is C=C(/C=C(/F)C(=C)OC)OCC1CCC(c2ccc(-c3ccc(O)cc3)c(F)c2F)CC1. The Hall–Kier alpha value is -3.15. The average molecular weight is 444 g/mol. The maximum absolute atomic E-state index is 14.9. The van der Waals surface area contributed by atoms with Crippen molar-refractivity contribution in [2.75, 3.05) is 13.7 Å². The van der Waals surface area contributed by atoms with Crippen molar-refractivity contribution in [3.8, 4) is 16.9 Å². The number of methoxy groups -OCH3 is 1. The fraction of sp³-hybridized carbons (Fsp3) is 0.308. The number of hydrogen-bond acceptors (Lipinski definition) is 3. The van der Waals surface area contributed by atoms with Crippen molar-refractivity contribution in [1.29, 1.82) is 0 Å². The van der Waals surface area contributed by atoms with Crippen LogP contribution in [-0.4, -0.2) is 18.8 Å². The van der Waals surface area contributed by atoms with Crippen molar-refractivity contribution >= 4 is 0 Å². The van der Waals surface area contributed by atoms with Gasteiger partial charge in [-0.3, -0.25) is 0 Å². The number of phenolic OH excluding ortho intramolecular Hbond substituents is 1. The second kappa shape index (κ2) is 10.4. The molecule has 3 nitrogen and oxygen atoms in total. The largest absolute Gasteiger partial charge is 0.508 e. The van der Waals surface area contributed by atoms with Crippen LogP contribution in [0.1, 0.15) is 37.2 Å². The van der Waals surface area contributed by atoms with E-state index < -0.39 is 17.5 Å². The number of rotatable bonds is 8. The van der Waals surface area contributed by atoms with Gasteiger partial charge in [0.25, 0.3) is 0 Å². The minimum atomic E-state index is -0.874. The summed E-state index contributed by atoms with van der Waals surface area (Å²) in [5.74, 6) is -2.02. The molecule has 170 valence electrons. The summed E-state index contributed by atoms with van der Waals surface area (Å²) in [6, 6.07) is 9.23. The zero-order valence-corrected chi connectivity index (χ0v) is 18.0. The normalized spacial score (nSPS) is 18.8. The lowest BCUT2D eigenvalue weighted by atomic mass is 9.78. The van der Waals surface area contributed by atoms with Gasteiger partial charge in [0.05, 0.1) is 13.7 Å². The minimum Gasteiger partial charge on any atom is -0.508 e. The molecule has 32 heavy (non-hydrogen) atoms. The van der Waals surface area contributed by atoms with Gasteiger partial charge in [0.15, 0.2) is 17.5 Å². The van der Waals surface area contributed by atoms with Crippen LogP contribution >= 0.6 is 0 Å². The van der Waals surface area contributed by atoms with Crippen molar-refractivity contribution in [2.24, 2.45) is 5.92 Å². The Kier molecular flexibility index (Phi) is 7.67. The van der Waals surface area contributed by atoms with E-state index in [0.29, 0.717) is 30.6 Å². The molecule has 1 aliphatic rings. The van der Waals surface area contributed by atoms with E-state index in [1.165, 1.54) is 19.2 Å². The predicted octanol–water partition coefficient (Wildman–Crippen LogP) is 7.16. The molecule has 1 aliphatic carbocycles. The van der Waals surface area contributed by atoms with Crippen LogP contribution in [-0.2, 0) is 9.47 Å². The Bertz CT molecular complexity index is 1000. The van der Waals surface area contributed by atoms with Gasteiger partial charge in [0.1, 0.15) is 17.3 Å². The van der Waals surface area contributed by atoms with Crippen molar-refractivity contribution in [2.45, 2.75) is 31.6 Å². The molecule has 1 N–H and O–H groups in total. The lowest BCUT2D eigenvalue weighted by Gasteiger charge is -2.29. The first-order valence-electron chi connectivity index (χ1n) is 10.5. The summed E-state index contributed by atoms with van der Waals surface area (Å²) in [4.78, 5) is 0. The highest BCUT2D eigenvalue weighted by Gasteiger charge is 2.27. The van der Waals surface area contributed by atoms with Gasteiger partial charge >= 0.3 is 0 Å². The number of benzene rings is 2. The van der Waals surface area contributed by atoms with Crippen molar-refractivity contribution in [3.05, 3.63) is 90.2 Å². The van der Waals surface area contributed by atoms with E-state index in [4.69, 9.17) is 9.47 Å². The third-order valence-electron chi connectivity index (χ3n) is 5.88. The summed E-state index contributed by atoms with van der Waals surface area (Å²) in [5, 5.41) is 9.39. The van der Waals surface area contributed by atoms with Crippen LogP contribution in [0.3, 0.4) is 0 Å². The summed E-state index contributed by atoms with van der Waals surface area (Å²) in [6.07, 6.45) is 4.12. The maximum atomic E-state index is 14.9. The minimum absolute atomic E-state index is 0.0668. The quantitative estimate of drug-likeness (QED) is 0.347. The van der Waals surface area contributed by atoms with E-state index in [9.17, 15) is 18.3 Å². The number of ether oxygens (including phenoxy) is 2. The van der Waals surface area contributed by atoms with Crippen LogP contribution in [0.2, 0.25) is 0 Å². The van der Waals surface area contributed by atoms with Gasteiger partial charge in [0.2, 0.25) is 0 Å². The number of aromatic hydroxyl groups is 1. The van der Waals surface area contributed by atoms with Crippen molar-refractivity contribution < 1.29 is 27.8 Å². The van der Waals surface area contributed by atoms with Crippen LogP contribution < -0.4 is 0 Å². The first-order chi connectivity index (χ1) is 15.3. The number of allylic oxidation sites excluding steroid dienone is 2. The predicted molar refractivity (Wildman–Crippen MR) is 119 cm³/mol. The maximum Gasteiger partial charge on any atom is 0.168 e. The fourth-order valence-corrected chi connectivity index (χ4v) is 3.97. The van der Waals surface area contributed by atoms with E-state index in [2.05, 4.69) is 13.2 Å². The molecule has 1 saturated carbocycles. The molecule has 0 bridgehead atoms. The molecule has 0 atom stereocenters. The lowest BCUT2D eigenvalue weighted by molar-refractivity contribution is 0.144. The van der Waals surface area contributed by atoms with Gasteiger partial charge in [-0.1, -0.05) is 37.4 Å². The topological polar surface area (TPSA) is 38.7 Å². The molecular weight excluding hydrogens is 417 g/mol. The van der Waals surface area contributed by atoms with E-state index in [-0.39, 0.29) is 34.7 Å². The molecule has 0 amide bonds. The number of halogens is 3. The standard InChI is InChI=1S/C26H27F3O3/c1-16(14-24(27)17(2)31-3)32-15-18-4-6-19(7-5-18)22-12-13-23(26(29)25(22)28)20-8-10-21(30)11-9-20/h8-14,18-19,30H,1-2,4-7,15H2,3H3/b24-14+. The van der Waals surface area contributed by atoms with Gasteiger partial charge < -0.3 is 14.6 Å². The Balaban J connectivity index is 1.58. The molecule has 1 fully saturated rings. The summed E-state index contributed by atoms with van der Waals surface area (Å²) < 4.78 is 53.6. The highest BCUT2D eigenvalue weighted by atomic mass is 19.2. The third kappa shape index (κ3) is 5.55. The summed E-state index contributed by atoms with van der Waals surface area (Å²) >= 11 is 0. The van der Waals surface area contributed by atoms with Gasteiger partial charge in [-0.25, -0.2) is 13.2 Å². The Morgan fingerprint density at radius 1 is 1.03 bits per heavy atom. The van der Waals surface area contributed by atoms with Crippen LogP contribution in [0.5, 0.6) is 5.75 Å². The van der Waals surface area contributed by atoms with E-state index in [0.717, 1.165) is 18.9 Å².